The van der Waals surface area contributed by atoms with Crippen LogP contribution in [0, 0.1) is 12.8 Å². The highest BCUT2D eigenvalue weighted by atomic mass is 32.2. The molecule has 1 aliphatic rings. The number of hydrogen-bond acceptors (Lipinski definition) is 8. The highest BCUT2D eigenvalue weighted by Crippen LogP contribution is 2.25. The Kier molecular flexibility index (Phi) is 7.24. The normalized spacial score (nSPS) is 17.2. The van der Waals surface area contributed by atoms with Gasteiger partial charge in [-0.25, -0.2) is 4.98 Å². The number of nitrogens with one attached hydrogen (secondary N) is 2. The van der Waals surface area contributed by atoms with E-state index in [0.717, 1.165) is 36.4 Å². The molecule has 2 atom stereocenters. The van der Waals surface area contributed by atoms with Crippen molar-refractivity contribution >= 4 is 16.7 Å². The van der Waals surface area contributed by atoms with Crippen molar-refractivity contribution in [3.63, 3.8) is 0 Å². The lowest BCUT2D eigenvalue weighted by atomic mass is 10.00. The molecular weight excluding hydrogens is 440 g/mol. The molecule has 2 aromatic heterocycles. The summed E-state index contributed by atoms with van der Waals surface area (Å²) in [7, 11) is -1.05. The van der Waals surface area contributed by atoms with Gasteiger partial charge in [0.25, 0.3) is 5.89 Å². The van der Waals surface area contributed by atoms with Crippen LogP contribution in [0.25, 0.3) is 22.8 Å². The zero-order valence-corrected chi connectivity index (χ0v) is 19.8. The van der Waals surface area contributed by atoms with Crippen LogP contribution < -0.4 is 10.6 Å². The number of aromatic nitrogens is 4. The number of carbonyl (C=O) groups is 1. The summed E-state index contributed by atoms with van der Waals surface area (Å²) >= 11 is 0. The first-order valence-corrected chi connectivity index (χ1v) is 12.3. The largest absolute Gasteiger partial charge is 0.411 e. The predicted octanol–water partition coefficient (Wildman–Crippen LogP) is 2.75. The van der Waals surface area contributed by atoms with Crippen molar-refractivity contribution in [3.05, 3.63) is 42.0 Å². The third kappa shape index (κ3) is 5.51. The third-order valence-corrected chi connectivity index (χ3v) is 7.13. The average Bonchev–Trinajstić information content (AvgIpc) is 3.33. The van der Waals surface area contributed by atoms with Crippen molar-refractivity contribution in [2.24, 2.45) is 5.92 Å². The van der Waals surface area contributed by atoms with Crippen LogP contribution in [0.2, 0.25) is 0 Å². The van der Waals surface area contributed by atoms with Crippen molar-refractivity contribution in [2.75, 3.05) is 19.6 Å². The molecule has 4 rings (SSSR count). The van der Waals surface area contributed by atoms with E-state index in [1.54, 1.807) is 13.1 Å². The lowest BCUT2D eigenvalue weighted by Gasteiger charge is -2.22. The molecule has 1 saturated heterocycles. The number of aryl methyl sites for hydroxylation is 1. The van der Waals surface area contributed by atoms with Crippen LogP contribution in [-0.2, 0) is 10.8 Å². The Morgan fingerprint density at radius 1 is 1.27 bits per heavy atom. The Morgan fingerprint density at radius 3 is 2.76 bits per heavy atom. The molecule has 10 heteroatoms. The quantitative estimate of drug-likeness (QED) is 0.543. The molecule has 2 N–H and O–H groups in total. The first kappa shape index (κ1) is 23.2. The van der Waals surface area contributed by atoms with E-state index < -0.39 is 16.7 Å². The van der Waals surface area contributed by atoms with Gasteiger partial charge >= 0.3 is 11.8 Å². The van der Waals surface area contributed by atoms with E-state index in [9.17, 15) is 9.00 Å². The zero-order chi connectivity index (χ0) is 23.4. The molecule has 0 bridgehead atoms. The van der Waals surface area contributed by atoms with Crippen LogP contribution in [0.4, 0.5) is 0 Å². The molecule has 2 unspecified atom stereocenters. The standard InChI is InChI=1S/C23H28N6O3S/c1-14(2)33(31)18-8-6-17(7-9-18)19-13-25-15(3)20(27-19)22-28-29-23(32-22)21(30)26-12-16-5-4-10-24-11-16/h6-9,13-14,16,24H,4-5,10-12H2,1-3H3,(H,26,30). The van der Waals surface area contributed by atoms with Gasteiger partial charge < -0.3 is 15.1 Å². The van der Waals surface area contributed by atoms with Gasteiger partial charge in [-0.05, 0) is 50.9 Å². The number of hydrogen-bond donors (Lipinski definition) is 2. The number of benzene rings is 1. The minimum Gasteiger partial charge on any atom is -0.411 e. The van der Waals surface area contributed by atoms with Gasteiger partial charge in [0.1, 0.15) is 5.69 Å². The van der Waals surface area contributed by atoms with Crippen molar-refractivity contribution < 1.29 is 13.4 Å². The van der Waals surface area contributed by atoms with E-state index in [2.05, 4.69) is 30.8 Å². The minimum absolute atomic E-state index is 0.0462. The van der Waals surface area contributed by atoms with Crippen LogP contribution in [0.1, 0.15) is 43.1 Å². The van der Waals surface area contributed by atoms with E-state index in [0.29, 0.717) is 29.5 Å². The summed E-state index contributed by atoms with van der Waals surface area (Å²) in [6.07, 6.45) is 3.85. The molecule has 0 radical (unpaired) electrons. The van der Waals surface area contributed by atoms with Crippen LogP contribution in [0.15, 0.2) is 39.8 Å². The van der Waals surface area contributed by atoms with Gasteiger partial charge in [-0.3, -0.25) is 14.0 Å². The topological polar surface area (TPSA) is 123 Å². The summed E-state index contributed by atoms with van der Waals surface area (Å²) in [5.41, 5.74) is 2.48. The molecule has 1 aliphatic heterocycles. The Morgan fingerprint density at radius 2 is 2.06 bits per heavy atom. The van der Waals surface area contributed by atoms with Crippen LogP contribution in [-0.4, -0.2) is 55.2 Å². The second-order valence-electron chi connectivity index (χ2n) is 8.39. The fourth-order valence-corrected chi connectivity index (χ4v) is 4.59. The lowest BCUT2D eigenvalue weighted by molar-refractivity contribution is 0.0910. The number of nitrogens with zero attached hydrogens (tertiary/aromatic N) is 4. The highest BCUT2D eigenvalue weighted by Gasteiger charge is 2.21. The summed E-state index contributed by atoms with van der Waals surface area (Å²) in [4.78, 5) is 22.3. The maximum Gasteiger partial charge on any atom is 0.308 e. The van der Waals surface area contributed by atoms with Gasteiger partial charge in [-0.2, -0.15) is 0 Å². The van der Waals surface area contributed by atoms with Crippen LogP contribution >= 0.6 is 0 Å². The van der Waals surface area contributed by atoms with Crippen LogP contribution in [0.3, 0.4) is 0 Å². The summed E-state index contributed by atoms with van der Waals surface area (Å²) in [5.74, 6) is 0.0545. The molecule has 1 fully saturated rings. The molecule has 1 aromatic carbocycles. The zero-order valence-electron chi connectivity index (χ0n) is 19.0. The Hall–Kier alpha value is -2.98. The Labute approximate surface area is 195 Å². The Bertz CT molecular complexity index is 1140. The summed E-state index contributed by atoms with van der Waals surface area (Å²) in [6, 6.07) is 7.41. The lowest BCUT2D eigenvalue weighted by Crippen LogP contribution is -2.38. The van der Waals surface area contributed by atoms with E-state index in [1.165, 1.54) is 0 Å². The van der Waals surface area contributed by atoms with E-state index in [4.69, 9.17) is 4.42 Å². The van der Waals surface area contributed by atoms with E-state index in [1.807, 2.05) is 38.1 Å². The number of amides is 1. The molecule has 0 spiro atoms. The average molecular weight is 469 g/mol. The van der Waals surface area contributed by atoms with Crippen molar-refractivity contribution in [1.29, 1.82) is 0 Å². The summed E-state index contributed by atoms with van der Waals surface area (Å²) in [5, 5.41) is 14.2. The maximum absolute atomic E-state index is 12.5. The summed E-state index contributed by atoms with van der Waals surface area (Å²) in [6.45, 7) is 8.13. The smallest absolute Gasteiger partial charge is 0.308 e. The van der Waals surface area contributed by atoms with Gasteiger partial charge in [0.2, 0.25) is 0 Å². The molecule has 1 amide bonds. The second kappa shape index (κ2) is 10.3. The number of piperidine rings is 1. The maximum atomic E-state index is 12.5. The first-order valence-electron chi connectivity index (χ1n) is 11.1. The second-order valence-corrected chi connectivity index (χ2v) is 10.4. The van der Waals surface area contributed by atoms with Crippen LogP contribution in [0.5, 0.6) is 0 Å². The molecule has 33 heavy (non-hydrogen) atoms. The Balaban J connectivity index is 1.49. The SMILES string of the molecule is Cc1ncc(-c2ccc(S(=O)C(C)C)cc2)nc1-c1nnc(C(=O)NCC2CCCNC2)o1. The van der Waals surface area contributed by atoms with Gasteiger partial charge in [0.15, 0.2) is 0 Å². The van der Waals surface area contributed by atoms with Crippen molar-refractivity contribution in [3.8, 4) is 22.8 Å². The molecule has 174 valence electrons. The van der Waals surface area contributed by atoms with Crippen molar-refractivity contribution in [1.82, 2.24) is 30.8 Å². The van der Waals surface area contributed by atoms with E-state index >= 15 is 0 Å². The highest BCUT2D eigenvalue weighted by molar-refractivity contribution is 7.85. The molecule has 9 nitrogen and oxygen atoms in total. The molecule has 0 saturated carbocycles. The molecule has 0 aliphatic carbocycles. The van der Waals surface area contributed by atoms with Gasteiger partial charge in [0.05, 0.1) is 28.4 Å². The van der Waals surface area contributed by atoms with Crippen molar-refractivity contribution in [2.45, 2.75) is 43.8 Å². The first-order chi connectivity index (χ1) is 15.9. The number of rotatable bonds is 7. The predicted molar refractivity (Wildman–Crippen MR) is 125 cm³/mol. The van der Waals surface area contributed by atoms with Gasteiger partial charge in [-0.15, -0.1) is 10.2 Å². The fraction of sp³-hybridized carbons (Fsp3) is 0.435. The molecule has 3 aromatic rings. The van der Waals surface area contributed by atoms with E-state index in [-0.39, 0.29) is 17.0 Å². The van der Waals surface area contributed by atoms with Gasteiger partial charge in [0, 0.05) is 22.3 Å². The minimum atomic E-state index is -1.05. The molecule has 3 heterocycles. The number of carbonyl (C=O) groups excluding carboxylic acids is 1. The van der Waals surface area contributed by atoms with Gasteiger partial charge in [-0.1, -0.05) is 26.0 Å². The monoisotopic (exact) mass is 468 g/mol. The third-order valence-electron chi connectivity index (χ3n) is 5.54. The fourth-order valence-electron chi connectivity index (χ4n) is 3.64. The summed E-state index contributed by atoms with van der Waals surface area (Å²) < 4.78 is 17.9. The molecular formula is C23H28N6O3S.